The molecule has 0 fully saturated rings. The van der Waals surface area contributed by atoms with Gasteiger partial charge in [0, 0.05) is 0 Å². The second-order valence-electron chi connectivity index (χ2n) is 16.6. The van der Waals surface area contributed by atoms with E-state index in [-0.39, 0.29) is 51.0 Å². The van der Waals surface area contributed by atoms with Gasteiger partial charge in [-0.3, -0.25) is 8.37 Å². The molecular weight excluding hydrogens is 785 g/mol. The summed E-state index contributed by atoms with van der Waals surface area (Å²) < 4.78 is 69.9. The van der Waals surface area contributed by atoms with Gasteiger partial charge in [-0.15, -0.1) is 0 Å². The van der Waals surface area contributed by atoms with Crippen LogP contribution in [0.4, 0.5) is 0 Å². The van der Waals surface area contributed by atoms with Crippen LogP contribution in [0.15, 0.2) is 0 Å². The van der Waals surface area contributed by atoms with E-state index in [9.17, 15) is 25.9 Å². The van der Waals surface area contributed by atoms with Crippen molar-refractivity contribution in [1.29, 1.82) is 0 Å². The molecule has 0 unspecified atom stereocenters. The van der Waals surface area contributed by atoms with Crippen LogP contribution < -0.4 is 0 Å². The van der Waals surface area contributed by atoms with Crippen molar-refractivity contribution in [3.05, 3.63) is 0 Å². The fraction of sp³-hybridized carbons (Fsp3) is 1.00. The van der Waals surface area contributed by atoms with Gasteiger partial charge in [-0.25, -0.2) is 16.8 Å². The summed E-state index contributed by atoms with van der Waals surface area (Å²) in [7, 11) is -9.00. The first kappa shape index (κ1) is 62.3. The van der Waals surface area contributed by atoms with Crippen LogP contribution in [0.5, 0.6) is 0 Å². The Morgan fingerprint density at radius 3 is 0.509 bits per heavy atom. The Morgan fingerprint density at radius 2 is 0.386 bits per heavy atom. The summed E-state index contributed by atoms with van der Waals surface area (Å²) >= 11 is 0. The molecule has 0 aliphatic heterocycles. The van der Waals surface area contributed by atoms with Crippen molar-refractivity contribution < 1.29 is 34.3 Å². The van der Waals surface area contributed by atoms with Gasteiger partial charge in [-0.1, -0.05) is 271 Å². The van der Waals surface area contributed by atoms with E-state index in [0.29, 0.717) is 12.8 Å². The normalized spacial score (nSPS) is 11.7. The van der Waals surface area contributed by atoms with Gasteiger partial charge in [0.05, 0.1) is 13.2 Å². The monoisotopic (exact) mass is 879 g/mol. The van der Waals surface area contributed by atoms with E-state index in [2.05, 4.69) is 22.2 Å². The van der Waals surface area contributed by atoms with Crippen molar-refractivity contribution in [2.45, 2.75) is 284 Å². The third-order valence-corrected chi connectivity index (χ3v) is 11.9. The van der Waals surface area contributed by atoms with Crippen molar-refractivity contribution in [1.82, 2.24) is 0 Å². The molecule has 0 radical (unpaired) electrons. The molecule has 0 atom stereocenters. The molecule has 57 heavy (non-hydrogen) atoms. The third-order valence-electron chi connectivity index (χ3n) is 11.0. The molecule has 8 nitrogen and oxygen atoms in total. The molecule has 0 aliphatic rings. The second-order valence-corrected chi connectivity index (χ2v) is 18.7. The summed E-state index contributed by atoms with van der Waals surface area (Å²) in [5.74, 6) is 0. The fourth-order valence-electron chi connectivity index (χ4n) is 7.39. The van der Waals surface area contributed by atoms with Gasteiger partial charge in [0.15, 0.2) is 0 Å². The molecule has 0 aromatic carbocycles. The molecule has 11 heteroatoms. The van der Waals surface area contributed by atoms with E-state index in [0.717, 1.165) is 25.7 Å². The van der Waals surface area contributed by atoms with Crippen molar-refractivity contribution in [2.24, 2.45) is 0 Å². The fourth-order valence-corrected chi connectivity index (χ4v) is 8.03. The first-order valence-corrected chi connectivity index (χ1v) is 27.0. The quantitative estimate of drug-likeness (QED) is 0.0255. The van der Waals surface area contributed by atoms with E-state index in [1.54, 1.807) is 0 Å². The Morgan fingerprint density at radius 1 is 0.263 bits per heavy atom. The van der Waals surface area contributed by atoms with Crippen LogP contribution in [0.25, 0.3) is 0 Å². The van der Waals surface area contributed by atoms with Gasteiger partial charge < -0.3 is 9.11 Å². The van der Waals surface area contributed by atoms with Crippen LogP contribution in [0.2, 0.25) is 0 Å². The molecule has 0 bridgehead atoms. The number of hydrogen-bond donors (Lipinski definition) is 0. The SMILES string of the molecule is CCCCCCCCCCCCCCCCCCCCCCCOS(=O)(=O)[O-].CCCCCCCCCCCCCCCCCCCCCCCOS(=O)(=O)[O-].[Ca+2]. The molecule has 0 aromatic rings. The van der Waals surface area contributed by atoms with Crippen LogP contribution in [0.3, 0.4) is 0 Å². The topological polar surface area (TPSA) is 133 Å². The van der Waals surface area contributed by atoms with Crippen LogP contribution in [-0.4, -0.2) is 76.9 Å². The number of unbranched alkanes of at least 4 members (excludes halogenated alkanes) is 40. The minimum atomic E-state index is -4.50. The number of rotatable bonds is 46. The summed E-state index contributed by atoms with van der Waals surface area (Å²) in [6.07, 6.45) is 55.3. The van der Waals surface area contributed by atoms with Crippen LogP contribution in [0, 0.1) is 0 Å². The molecule has 0 aliphatic carbocycles. The van der Waals surface area contributed by atoms with Gasteiger partial charge >= 0.3 is 37.7 Å². The smallest absolute Gasteiger partial charge is 0.726 e. The standard InChI is InChI=1S/2C23H48O4S.Ca/c2*1-2-3-4-5-6-7-8-9-10-11-12-13-14-15-16-17-18-19-20-21-22-23-27-28(24,25)26;/h2*2-23H2,1H3,(H,24,25,26);/q;;+2/p-2. The summed E-state index contributed by atoms with van der Waals surface area (Å²) in [4.78, 5) is 0. The first-order valence-electron chi connectivity index (χ1n) is 24.3. The van der Waals surface area contributed by atoms with E-state index in [1.165, 1.54) is 231 Å². The van der Waals surface area contributed by atoms with E-state index >= 15 is 0 Å². The first-order chi connectivity index (χ1) is 27.1. The predicted molar refractivity (Wildman–Crippen MR) is 242 cm³/mol. The molecule has 0 aromatic heterocycles. The van der Waals surface area contributed by atoms with Crippen LogP contribution in [-0.2, 0) is 29.2 Å². The largest absolute Gasteiger partial charge is 2.00 e. The predicted octanol–water partition coefficient (Wildman–Crippen LogP) is 15.0. The van der Waals surface area contributed by atoms with Gasteiger partial charge in [0.2, 0.25) is 20.8 Å². The second kappa shape index (κ2) is 51.4. The average Bonchev–Trinajstić information content (AvgIpc) is 3.15. The van der Waals surface area contributed by atoms with Crippen LogP contribution >= 0.6 is 0 Å². The van der Waals surface area contributed by atoms with Crippen molar-refractivity contribution in [3.8, 4) is 0 Å². The van der Waals surface area contributed by atoms with Crippen LogP contribution in [0.1, 0.15) is 284 Å². The Hall–Kier alpha value is 1.000. The van der Waals surface area contributed by atoms with Crippen molar-refractivity contribution in [2.75, 3.05) is 13.2 Å². The van der Waals surface area contributed by atoms with E-state index < -0.39 is 20.8 Å². The summed E-state index contributed by atoms with van der Waals surface area (Å²) in [6.45, 7) is 4.62. The minimum absolute atomic E-state index is 0. The molecule has 0 saturated carbocycles. The van der Waals surface area contributed by atoms with Gasteiger partial charge in [-0.05, 0) is 12.8 Å². The zero-order valence-corrected chi connectivity index (χ0v) is 41.7. The maximum atomic E-state index is 10.3. The van der Waals surface area contributed by atoms with Gasteiger partial charge in [0.1, 0.15) is 0 Å². The maximum absolute atomic E-state index is 10.3. The van der Waals surface area contributed by atoms with Gasteiger partial charge in [0.25, 0.3) is 0 Å². The summed E-state index contributed by atoms with van der Waals surface area (Å²) in [5.41, 5.74) is 0. The van der Waals surface area contributed by atoms with E-state index in [1.807, 2.05) is 0 Å². The summed E-state index contributed by atoms with van der Waals surface area (Å²) in [6, 6.07) is 0. The Balaban J connectivity index is -0.00000101. The third kappa shape index (κ3) is 66.3. The van der Waals surface area contributed by atoms with Crippen molar-refractivity contribution >= 4 is 58.5 Å². The van der Waals surface area contributed by atoms with E-state index in [4.69, 9.17) is 0 Å². The molecule has 0 saturated heterocycles. The molecule has 0 spiro atoms. The molecule has 340 valence electrons. The molecular formula is C46H94CaO8S2. The van der Waals surface area contributed by atoms with Gasteiger partial charge in [-0.2, -0.15) is 0 Å². The Labute approximate surface area is 386 Å². The summed E-state index contributed by atoms with van der Waals surface area (Å²) in [5, 5.41) is 0. The molecule has 0 amide bonds. The minimum Gasteiger partial charge on any atom is -0.726 e. The number of hydrogen-bond acceptors (Lipinski definition) is 8. The van der Waals surface area contributed by atoms with Crippen molar-refractivity contribution in [3.63, 3.8) is 0 Å². The Kier molecular flexibility index (Phi) is 56.1. The zero-order valence-electron chi connectivity index (χ0n) is 37.9. The Bertz CT molecular complexity index is 874. The average molecular weight is 879 g/mol. The zero-order chi connectivity index (χ0) is 41.5. The maximum Gasteiger partial charge on any atom is 2.00 e. The molecule has 0 heterocycles. The molecule has 0 rings (SSSR count). The molecule has 0 N–H and O–H groups in total.